The van der Waals surface area contributed by atoms with E-state index >= 15 is 0 Å². The normalized spacial score (nSPS) is 10.8. The van der Waals surface area contributed by atoms with E-state index in [0.717, 1.165) is 5.56 Å². The summed E-state index contributed by atoms with van der Waals surface area (Å²) in [6.07, 6.45) is 1.80. The molecule has 0 spiro atoms. The molecule has 2 aromatic heterocycles. The van der Waals surface area contributed by atoms with Crippen LogP contribution in [0.2, 0.25) is 0 Å². The molecule has 0 fully saturated rings. The number of aryl methyl sites for hydroxylation is 1. The van der Waals surface area contributed by atoms with E-state index in [1.807, 2.05) is 13.0 Å². The number of carboxylic acids is 1. The van der Waals surface area contributed by atoms with E-state index in [4.69, 9.17) is 4.74 Å². The van der Waals surface area contributed by atoms with Gasteiger partial charge in [-0.05, 0) is 30.7 Å². The van der Waals surface area contributed by atoms with Gasteiger partial charge in [-0.25, -0.2) is 9.78 Å². The highest BCUT2D eigenvalue weighted by atomic mass is 16.5. The fourth-order valence-electron chi connectivity index (χ4n) is 2.23. The second kappa shape index (κ2) is 5.40. The molecule has 1 aromatic carbocycles. The smallest absolute Gasteiger partial charge is 0.356 e. The Morgan fingerprint density at radius 1 is 1.27 bits per heavy atom. The number of pyridine rings is 1. The van der Waals surface area contributed by atoms with Crippen molar-refractivity contribution in [3.8, 4) is 11.5 Å². The lowest BCUT2D eigenvalue weighted by Gasteiger charge is -2.07. The fourth-order valence-corrected chi connectivity index (χ4v) is 2.23. The Hall–Kier alpha value is -3.02. The standard InChI is InChI=1S/C16H14N2O4/c1-10-6-7-11-15(16(20)21)17-14(18(11)8-10)9-22-13-5-3-2-4-12(13)19/h2-8,19H,9H2,1H3,(H,20,21). The number of imidazole rings is 1. The first-order valence-electron chi connectivity index (χ1n) is 6.68. The summed E-state index contributed by atoms with van der Waals surface area (Å²) in [5.74, 6) is -0.281. The zero-order chi connectivity index (χ0) is 15.7. The molecule has 0 unspecified atom stereocenters. The van der Waals surface area contributed by atoms with E-state index in [2.05, 4.69) is 4.98 Å². The van der Waals surface area contributed by atoms with Gasteiger partial charge in [-0.1, -0.05) is 18.2 Å². The zero-order valence-corrected chi connectivity index (χ0v) is 11.9. The maximum atomic E-state index is 11.3. The Bertz CT molecular complexity index is 854. The van der Waals surface area contributed by atoms with Crippen LogP contribution in [0.25, 0.3) is 5.52 Å². The van der Waals surface area contributed by atoms with Crippen LogP contribution in [0.5, 0.6) is 11.5 Å². The monoisotopic (exact) mass is 298 g/mol. The summed E-state index contributed by atoms with van der Waals surface area (Å²) in [5.41, 5.74) is 1.47. The maximum Gasteiger partial charge on any atom is 0.356 e. The predicted molar refractivity (Wildman–Crippen MR) is 79.3 cm³/mol. The van der Waals surface area contributed by atoms with Crippen molar-refractivity contribution in [3.63, 3.8) is 0 Å². The van der Waals surface area contributed by atoms with Crippen LogP contribution in [-0.4, -0.2) is 25.6 Å². The van der Waals surface area contributed by atoms with Gasteiger partial charge in [0, 0.05) is 6.20 Å². The Morgan fingerprint density at radius 3 is 2.77 bits per heavy atom. The van der Waals surface area contributed by atoms with Gasteiger partial charge in [-0.2, -0.15) is 0 Å². The van der Waals surface area contributed by atoms with Gasteiger partial charge in [0.05, 0.1) is 5.52 Å². The number of phenolic OH excluding ortho intramolecular Hbond substituents is 1. The topological polar surface area (TPSA) is 84.1 Å². The average molecular weight is 298 g/mol. The van der Waals surface area contributed by atoms with E-state index in [9.17, 15) is 15.0 Å². The highest BCUT2D eigenvalue weighted by molar-refractivity contribution is 5.93. The molecule has 0 aliphatic carbocycles. The minimum absolute atomic E-state index is 0.0177. The molecule has 0 saturated heterocycles. The molecule has 2 N–H and O–H groups in total. The molecule has 2 heterocycles. The molecule has 3 aromatic rings. The highest BCUT2D eigenvalue weighted by Gasteiger charge is 2.17. The summed E-state index contributed by atoms with van der Waals surface area (Å²) in [7, 11) is 0. The lowest BCUT2D eigenvalue weighted by molar-refractivity contribution is 0.0693. The molecule has 0 aliphatic heterocycles. The quantitative estimate of drug-likeness (QED) is 0.773. The van der Waals surface area contributed by atoms with Gasteiger partial charge in [0.1, 0.15) is 6.61 Å². The molecule has 0 bridgehead atoms. The van der Waals surface area contributed by atoms with Crippen LogP contribution in [0.1, 0.15) is 21.9 Å². The number of ether oxygens (including phenoxy) is 1. The lowest BCUT2D eigenvalue weighted by Crippen LogP contribution is -2.02. The third-order valence-corrected chi connectivity index (χ3v) is 3.28. The Morgan fingerprint density at radius 2 is 2.05 bits per heavy atom. The first-order valence-corrected chi connectivity index (χ1v) is 6.68. The average Bonchev–Trinajstić information content (AvgIpc) is 2.84. The number of hydrogen-bond acceptors (Lipinski definition) is 4. The third kappa shape index (κ3) is 2.46. The number of aromatic carboxylic acids is 1. The molecule has 0 radical (unpaired) electrons. The van der Waals surface area contributed by atoms with Gasteiger partial charge in [-0.3, -0.25) is 4.40 Å². The Kier molecular flexibility index (Phi) is 3.42. The van der Waals surface area contributed by atoms with Crippen molar-refractivity contribution in [1.29, 1.82) is 0 Å². The number of fused-ring (bicyclic) bond motifs is 1. The van der Waals surface area contributed by atoms with Crippen LogP contribution in [0.15, 0.2) is 42.6 Å². The molecule has 6 nitrogen and oxygen atoms in total. The Labute approximate surface area is 126 Å². The fraction of sp³-hybridized carbons (Fsp3) is 0.125. The lowest BCUT2D eigenvalue weighted by atomic mass is 10.2. The van der Waals surface area contributed by atoms with Crippen molar-refractivity contribution in [2.75, 3.05) is 0 Å². The van der Waals surface area contributed by atoms with Gasteiger partial charge < -0.3 is 14.9 Å². The summed E-state index contributed by atoms with van der Waals surface area (Å²) < 4.78 is 7.23. The first kappa shape index (κ1) is 13.9. The number of rotatable bonds is 4. The van der Waals surface area contributed by atoms with Crippen LogP contribution in [0, 0.1) is 6.92 Å². The Balaban J connectivity index is 1.98. The van der Waals surface area contributed by atoms with E-state index in [1.165, 1.54) is 6.07 Å². The zero-order valence-electron chi connectivity index (χ0n) is 11.9. The molecule has 6 heteroatoms. The predicted octanol–water partition coefficient (Wildman–Crippen LogP) is 2.63. The highest BCUT2D eigenvalue weighted by Crippen LogP contribution is 2.25. The maximum absolute atomic E-state index is 11.3. The van der Waals surface area contributed by atoms with E-state index in [1.54, 1.807) is 34.9 Å². The summed E-state index contributed by atoms with van der Waals surface area (Å²) in [6.45, 7) is 1.96. The summed E-state index contributed by atoms with van der Waals surface area (Å²) >= 11 is 0. The van der Waals surface area contributed by atoms with Gasteiger partial charge in [0.15, 0.2) is 23.0 Å². The van der Waals surface area contributed by atoms with E-state index in [-0.39, 0.29) is 18.1 Å². The number of aromatic hydroxyl groups is 1. The number of phenols is 1. The largest absolute Gasteiger partial charge is 0.504 e. The molecule has 22 heavy (non-hydrogen) atoms. The van der Waals surface area contributed by atoms with Crippen molar-refractivity contribution >= 4 is 11.5 Å². The second-order valence-corrected chi connectivity index (χ2v) is 4.90. The van der Waals surface area contributed by atoms with Crippen molar-refractivity contribution in [3.05, 3.63) is 59.7 Å². The number of hydrogen-bond donors (Lipinski definition) is 2. The molecule has 0 atom stereocenters. The minimum atomic E-state index is -1.09. The molecule has 3 rings (SSSR count). The van der Waals surface area contributed by atoms with E-state index in [0.29, 0.717) is 17.1 Å². The number of carbonyl (C=O) groups is 1. The van der Waals surface area contributed by atoms with Crippen LogP contribution in [0.4, 0.5) is 0 Å². The van der Waals surface area contributed by atoms with Crippen LogP contribution >= 0.6 is 0 Å². The SMILES string of the molecule is Cc1ccc2c(C(=O)O)nc(COc3ccccc3O)n2c1. The van der Waals surface area contributed by atoms with Crippen molar-refractivity contribution in [2.24, 2.45) is 0 Å². The molecule has 112 valence electrons. The van der Waals surface area contributed by atoms with Crippen molar-refractivity contribution < 1.29 is 19.7 Å². The second-order valence-electron chi connectivity index (χ2n) is 4.90. The van der Waals surface area contributed by atoms with Crippen LogP contribution in [0.3, 0.4) is 0 Å². The van der Waals surface area contributed by atoms with Crippen molar-refractivity contribution in [2.45, 2.75) is 13.5 Å². The first-order chi connectivity index (χ1) is 10.6. The van der Waals surface area contributed by atoms with Gasteiger partial charge in [-0.15, -0.1) is 0 Å². The third-order valence-electron chi connectivity index (χ3n) is 3.28. The van der Waals surface area contributed by atoms with Gasteiger partial charge >= 0.3 is 5.97 Å². The van der Waals surface area contributed by atoms with Gasteiger partial charge in [0.2, 0.25) is 0 Å². The summed E-state index contributed by atoms with van der Waals surface area (Å²) in [6, 6.07) is 10.1. The number of nitrogens with zero attached hydrogens (tertiary/aromatic N) is 2. The molecular formula is C16H14N2O4. The minimum Gasteiger partial charge on any atom is -0.504 e. The van der Waals surface area contributed by atoms with Gasteiger partial charge in [0.25, 0.3) is 0 Å². The van der Waals surface area contributed by atoms with Crippen LogP contribution in [-0.2, 0) is 6.61 Å². The summed E-state index contributed by atoms with van der Waals surface area (Å²) in [4.78, 5) is 15.4. The molecular weight excluding hydrogens is 284 g/mol. The van der Waals surface area contributed by atoms with E-state index < -0.39 is 5.97 Å². The van der Waals surface area contributed by atoms with Crippen LogP contribution < -0.4 is 4.74 Å². The van der Waals surface area contributed by atoms with Crippen molar-refractivity contribution in [1.82, 2.24) is 9.38 Å². The number of para-hydroxylation sites is 2. The molecule has 0 aliphatic rings. The molecule has 0 amide bonds. The number of aromatic nitrogens is 2. The summed E-state index contributed by atoms with van der Waals surface area (Å²) in [5, 5.41) is 18.9. The number of carboxylic acid groups (broad SMARTS) is 1. The molecule has 0 saturated carbocycles. The number of benzene rings is 1.